The Morgan fingerprint density at radius 3 is 1.88 bits per heavy atom. The molecule has 1 aliphatic heterocycles. The van der Waals surface area contributed by atoms with Crippen molar-refractivity contribution in [1.82, 2.24) is 9.80 Å². The van der Waals surface area contributed by atoms with Gasteiger partial charge in [0.1, 0.15) is 0 Å². The predicted molar refractivity (Wildman–Crippen MR) is 69.1 cm³/mol. The van der Waals surface area contributed by atoms with Gasteiger partial charge in [-0.3, -0.25) is 0 Å². The van der Waals surface area contributed by atoms with Crippen molar-refractivity contribution in [1.29, 1.82) is 0 Å². The van der Waals surface area contributed by atoms with Crippen LogP contribution in [-0.2, 0) is 4.74 Å². The van der Waals surface area contributed by atoms with Gasteiger partial charge in [-0.2, -0.15) is 0 Å². The van der Waals surface area contributed by atoms with Gasteiger partial charge in [0.2, 0.25) is 0 Å². The van der Waals surface area contributed by atoms with Gasteiger partial charge in [0, 0.05) is 32.3 Å². The number of amides is 2. The van der Waals surface area contributed by atoms with E-state index in [0.29, 0.717) is 0 Å². The van der Waals surface area contributed by atoms with Crippen LogP contribution in [0.2, 0.25) is 0 Å². The molecule has 0 aromatic carbocycles. The standard InChI is InChI=1S/C13H26N2O2/c1-12(2)8-10(17-7)9-13(3,4)15(12)11(16)14(5)6/h10H,8-9H2,1-7H3. The molecule has 2 amide bonds. The minimum atomic E-state index is -0.177. The summed E-state index contributed by atoms with van der Waals surface area (Å²) in [6.07, 6.45) is 1.99. The SMILES string of the molecule is COC1CC(C)(C)N(C(=O)N(C)C)C(C)(C)C1. The monoisotopic (exact) mass is 242 g/mol. The molecule has 4 heteroatoms. The van der Waals surface area contributed by atoms with Crippen molar-refractivity contribution >= 4 is 6.03 Å². The number of carbonyl (C=O) groups is 1. The number of rotatable bonds is 1. The molecule has 0 aromatic rings. The van der Waals surface area contributed by atoms with Crippen LogP contribution in [0.5, 0.6) is 0 Å². The molecule has 0 atom stereocenters. The summed E-state index contributed by atoms with van der Waals surface area (Å²) in [6.45, 7) is 8.45. The van der Waals surface area contributed by atoms with Crippen LogP contribution in [-0.4, -0.2) is 54.2 Å². The molecule has 0 unspecified atom stereocenters. The molecule has 0 saturated carbocycles. The van der Waals surface area contributed by atoms with E-state index in [4.69, 9.17) is 4.74 Å². The zero-order valence-corrected chi connectivity index (χ0v) is 12.2. The summed E-state index contributed by atoms with van der Waals surface area (Å²) in [4.78, 5) is 16.0. The minimum absolute atomic E-state index is 0.0783. The minimum Gasteiger partial charge on any atom is -0.381 e. The van der Waals surface area contributed by atoms with Gasteiger partial charge in [-0.25, -0.2) is 4.79 Å². The number of piperidine rings is 1. The van der Waals surface area contributed by atoms with Gasteiger partial charge in [0.05, 0.1) is 6.10 Å². The lowest BCUT2D eigenvalue weighted by molar-refractivity contribution is -0.0706. The third kappa shape index (κ3) is 2.73. The van der Waals surface area contributed by atoms with Crippen molar-refractivity contribution in [2.45, 2.75) is 57.7 Å². The van der Waals surface area contributed by atoms with Crippen molar-refractivity contribution in [3.63, 3.8) is 0 Å². The lowest BCUT2D eigenvalue weighted by Crippen LogP contribution is -2.65. The number of ether oxygens (including phenoxy) is 1. The molecular formula is C13H26N2O2. The van der Waals surface area contributed by atoms with Crippen LogP contribution in [0, 0.1) is 0 Å². The van der Waals surface area contributed by atoms with E-state index < -0.39 is 0 Å². The summed E-state index contributed by atoms with van der Waals surface area (Å²) in [6, 6.07) is 0.0783. The van der Waals surface area contributed by atoms with Crippen molar-refractivity contribution in [2.75, 3.05) is 21.2 Å². The zero-order chi connectivity index (χ0) is 13.4. The summed E-state index contributed by atoms with van der Waals surface area (Å²) in [5, 5.41) is 0. The van der Waals surface area contributed by atoms with Crippen LogP contribution < -0.4 is 0 Å². The highest BCUT2D eigenvalue weighted by atomic mass is 16.5. The van der Waals surface area contributed by atoms with Crippen molar-refractivity contribution in [3.05, 3.63) is 0 Å². The quantitative estimate of drug-likeness (QED) is 0.707. The van der Waals surface area contributed by atoms with Gasteiger partial charge in [-0.1, -0.05) is 0 Å². The first-order valence-corrected chi connectivity index (χ1v) is 6.16. The van der Waals surface area contributed by atoms with Crippen molar-refractivity contribution in [2.24, 2.45) is 0 Å². The maximum atomic E-state index is 12.3. The van der Waals surface area contributed by atoms with Gasteiger partial charge >= 0.3 is 6.03 Å². The second-order valence-electron chi connectivity index (χ2n) is 6.40. The second-order valence-corrected chi connectivity index (χ2v) is 6.40. The normalized spacial score (nSPS) is 23.6. The summed E-state index contributed by atoms with van der Waals surface area (Å²) < 4.78 is 5.50. The number of carbonyl (C=O) groups excluding carboxylic acids is 1. The fraction of sp³-hybridized carbons (Fsp3) is 0.923. The Labute approximate surface area is 105 Å². The first kappa shape index (κ1) is 14.3. The van der Waals surface area contributed by atoms with E-state index in [1.54, 1.807) is 26.1 Å². The molecule has 1 heterocycles. The molecule has 4 nitrogen and oxygen atoms in total. The van der Waals surface area contributed by atoms with Crippen LogP contribution in [0.15, 0.2) is 0 Å². The van der Waals surface area contributed by atoms with Gasteiger partial charge < -0.3 is 14.5 Å². The molecule has 100 valence electrons. The van der Waals surface area contributed by atoms with Crippen molar-refractivity contribution < 1.29 is 9.53 Å². The number of hydrogen-bond acceptors (Lipinski definition) is 2. The highest BCUT2D eigenvalue weighted by Crippen LogP contribution is 2.39. The third-order valence-electron chi connectivity index (χ3n) is 3.57. The summed E-state index contributed by atoms with van der Waals surface area (Å²) >= 11 is 0. The van der Waals surface area contributed by atoms with Crippen LogP contribution in [0.25, 0.3) is 0 Å². The molecule has 1 rings (SSSR count). The number of hydrogen-bond donors (Lipinski definition) is 0. The number of urea groups is 1. The Bertz CT molecular complexity index is 280. The van der Waals surface area contributed by atoms with Gasteiger partial charge in [-0.15, -0.1) is 0 Å². The molecule has 1 fully saturated rings. The Hall–Kier alpha value is -0.770. The van der Waals surface area contributed by atoms with E-state index in [2.05, 4.69) is 27.7 Å². The lowest BCUT2D eigenvalue weighted by atomic mass is 9.78. The molecule has 0 radical (unpaired) electrons. The van der Waals surface area contributed by atoms with E-state index in [9.17, 15) is 4.79 Å². The molecule has 0 bridgehead atoms. The lowest BCUT2D eigenvalue weighted by Gasteiger charge is -2.55. The maximum absolute atomic E-state index is 12.3. The molecule has 17 heavy (non-hydrogen) atoms. The first-order chi connectivity index (χ1) is 7.62. The molecule has 1 saturated heterocycles. The van der Waals surface area contributed by atoms with Gasteiger partial charge in [-0.05, 0) is 40.5 Å². The van der Waals surface area contributed by atoms with Crippen LogP contribution in [0.4, 0.5) is 4.79 Å². The van der Waals surface area contributed by atoms with Crippen LogP contribution in [0.3, 0.4) is 0 Å². The highest BCUT2D eigenvalue weighted by molar-refractivity contribution is 5.75. The Kier molecular flexibility index (Phi) is 3.77. The van der Waals surface area contributed by atoms with E-state index in [0.717, 1.165) is 12.8 Å². The second kappa shape index (κ2) is 4.48. The molecule has 0 aromatic heterocycles. The Morgan fingerprint density at radius 1 is 1.18 bits per heavy atom. The smallest absolute Gasteiger partial charge is 0.320 e. The number of methoxy groups -OCH3 is 1. The highest BCUT2D eigenvalue weighted by Gasteiger charge is 2.48. The average molecular weight is 242 g/mol. The fourth-order valence-corrected chi connectivity index (χ4v) is 3.07. The van der Waals surface area contributed by atoms with E-state index in [1.807, 2.05) is 4.90 Å². The summed E-state index contributed by atoms with van der Waals surface area (Å²) in [5.41, 5.74) is -0.354. The summed E-state index contributed by atoms with van der Waals surface area (Å²) in [7, 11) is 5.36. The number of likely N-dealkylation sites (tertiary alicyclic amines) is 1. The molecular weight excluding hydrogens is 216 g/mol. The first-order valence-electron chi connectivity index (χ1n) is 6.16. The zero-order valence-electron chi connectivity index (χ0n) is 12.2. The van der Waals surface area contributed by atoms with E-state index in [-0.39, 0.29) is 23.2 Å². The van der Waals surface area contributed by atoms with Gasteiger partial charge in [0.25, 0.3) is 0 Å². The summed E-state index contributed by atoms with van der Waals surface area (Å²) in [5.74, 6) is 0. The average Bonchev–Trinajstić information content (AvgIpc) is 2.13. The predicted octanol–water partition coefficient (Wildman–Crippen LogP) is 2.34. The third-order valence-corrected chi connectivity index (χ3v) is 3.57. The topological polar surface area (TPSA) is 32.8 Å². The van der Waals surface area contributed by atoms with Crippen LogP contribution in [0.1, 0.15) is 40.5 Å². The Morgan fingerprint density at radius 2 is 1.59 bits per heavy atom. The largest absolute Gasteiger partial charge is 0.381 e. The molecule has 0 aliphatic carbocycles. The maximum Gasteiger partial charge on any atom is 0.320 e. The van der Waals surface area contributed by atoms with E-state index in [1.165, 1.54) is 0 Å². The van der Waals surface area contributed by atoms with Crippen LogP contribution >= 0.6 is 0 Å². The van der Waals surface area contributed by atoms with Gasteiger partial charge in [0.15, 0.2) is 0 Å². The van der Waals surface area contributed by atoms with Crippen molar-refractivity contribution in [3.8, 4) is 0 Å². The number of nitrogens with zero attached hydrogens (tertiary/aromatic N) is 2. The fourth-order valence-electron chi connectivity index (χ4n) is 3.07. The molecule has 1 aliphatic rings. The molecule has 0 N–H and O–H groups in total. The van der Waals surface area contributed by atoms with E-state index >= 15 is 0 Å². The Balaban J connectivity index is 3.05. The molecule has 0 spiro atoms.